The summed E-state index contributed by atoms with van der Waals surface area (Å²) >= 11 is 13.1. The maximum absolute atomic E-state index is 12.6. The first-order valence-electron chi connectivity index (χ1n) is 9.55. The summed E-state index contributed by atoms with van der Waals surface area (Å²) in [7, 11) is 1.56. The molecular formula is C22H16Cl2N4O4S. The monoisotopic (exact) mass is 502 g/mol. The first-order chi connectivity index (χ1) is 15.9. The zero-order chi connectivity index (χ0) is 23.5. The minimum absolute atomic E-state index is 0.0425. The molecule has 0 saturated carbocycles. The van der Waals surface area contributed by atoms with Crippen molar-refractivity contribution in [2.75, 3.05) is 18.2 Å². The number of halogens is 2. The van der Waals surface area contributed by atoms with Crippen molar-refractivity contribution in [3.8, 4) is 11.4 Å². The van der Waals surface area contributed by atoms with Crippen LogP contribution in [0.15, 0.2) is 65.8 Å². The van der Waals surface area contributed by atoms with E-state index >= 15 is 0 Å². The van der Waals surface area contributed by atoms with E-state index in [4.69, 9.17) is 27.9 Å². The number of carbonyl (C=O) groups excluding carboxylic acids is 1. The highest BCUT2D eigenvalue weighted by Crippen LogP contribution is 2.34. The van der Waals surface area contributed by atoms with Gasteiger partial charge in [0.25, 0.3) is 5.69 Å². The van der Waals surface area contributed by atoms with Gasteiger partial charge in [-0.2, -0.15) is 0 Å². The first kappa shape index (κ1) is 22.9. The highest BCUT2D eigenvalue weighted by molar-refractivity contribution is 7.99. The lowest BCUT2D eigenvalue weighted by Gasteiger charge is -2.13. The Labute approximate surface area is 202 Å². The van der Waals surface area contributed by atoms with Gasteiger partial charge < -0.3 is 10.1 Å². The van der Waals surface area contributed by atoms with Crippen LogP contribution in [0.25, 0.3) is 16.7 Å². The lowest BCUT2D eigenvalue weighted by molar-refractivity contribution is -0.384. The number of nitro groups is 1. The zero-order valence-electron chi connectivity index (χ0n) is 17.1. The number of aromatic nitrogens is 2. The topological polar surface area (TPSA) is 99.3 Å². The van der Waals surface area contributed by atoms with E-state index in [1.165, 1.54) is 23.9 Å². The number of amides is 1. The highest BCUT2D eigenvalue weighted by atomic mass is 35.5. The average Bonchev–Trinajstić information content (AvgIpc) is 3.17. The summed E-state index contributed by atoms with van der Waals surface area (Å²) in [6.07, 6.45) is 0. The van der Waals surface area contributed by atoms with E-state index in [0.717, 1.165) is 0 Å². The smallest absolute Gasteiger partial charge is 0.271 e. The summed E-state index contributed by atoms with van der Waals surface area (Å²) in [5, 5.41) is 15.2. The maximum atomic E-state index is 12.6. The number of imidazole rings is 1. The Hall–Kier alpha value is -3.27. The fourth-order valence-corrected chi connectivity index (χ4v) is 4.32. The maximum Gasteiger partial charge on any atom is 0.271 e. The van der Waals surface area contributed by atoms with Crippen LogP contribution in [0.4, 0.5) is 11.4 Å². The summed E-state index contributed by atoms with van der Waals surface area (Å²) in [5.41, 5.74) is 2.23. The molecule has 8 nitrogen and oxygen atoms in total. The number of benzene rings is 3. The molecule has 0 fully saturated rings. The van der Waals surface area contributed by atoms with Crippen molar-refractivity contribution in [2.24, 2.45) is 0 Å². The van der Waals surface area contributed by atoms with E-state index in [1.54, 1.807) is 37.4 Å². The molecule has 1 aromatic heterocycles. The number of para-hydroxylation sites is 2. The summed E-state index contributed by atoms with van der Waals surface area (Å²) in [6.45, 7) is 0. The first-order valence-corrected chi connectivity index (χ1v) is 11.3. The minimum Gasteiger partial charge on any atom is -0.495 e. The normalized spacial score (nSPS) is 10.9. The number of nitro benzene ring substituents is 1. The van der Waals surface area contributed by atoms with E-state index < -0.39 is 4.92 Å². The molecule has 0 bridgehead atoms. The second-order valence-electron chi connectivity index (χ2n) is 6.80. The molecule has 4 rings (SSSR count). The van der Waals surface area contributed by atoms with E-state index in [0.29, 0.717) is 43.4 Å². The van der Waals surface area contributed by atoms with Crippen molar-refractivity contribution in [1.29, 1.82) is 0 Å². The second-order valence-corrected chi connectivity index (χ2v) is 8.55. The molecule has 0 aliphatic heterocycles. The number of nitrogens with one attached hydrogen (secondary N) is 1. The highest BCUT2D eigenvalue weighted by Gasteiger charge is 2.19. The Morgan fingerprint density at radius 2 is 1.94 bits per heavy atom. The van der Waals surface area contributed by atoms with E-state index in [-0.39, 0.29) is 17.3 Å². The van der Waals surface area contributed by atoms with Gasteiger partial charge in [0, 0.05) is 17.8 Å². The molecule has 33 heavy (non-hydrogen) atoms. The van der Waals surface area contributed by atoms with E-state index in [9.17, 15) is 14.9 Å². The number of rotatable bonds is 7. The lowest BCUT2D eigenvalue weighted by atomic mass is 10.2. The Bertz CT molecular complexity index is 1380. The minimum atomic E-state index is -0.473. The number of hydrogen-bond donors (Lipinski definition) is 1. The van der Waals surface area contributed by atoms with Crippen LogP contribution in [0.5, 0.6) is 5.75 Å². The molecule has 0 radical (unpaired) electrons. The third kappa shape index (κ3) is 4.90. The van der Waals surface area contributed by atoms with Gasteiger partial charge in [-0.05, 0) is 36.4 Å². The Morgan fingerprint density at radius 1 is 1.15 bits per heavy atom. The molecule has 0 saturated heterocycles. The van der Waals surface area contributed by atoms with Gasteiger partial charge in [0.2, 0.25) is 5.91 Å². The van der Waals surface area contributed by atoms with Gasteiger partial charge in [0.05, 0.1) is 44.6 Å². The predicted octanol–water partition coefficient (Wildman–Crippen LogP) is 5.98. The van der Waals surface area contributed by atoms with Crippen LogP contribution in [0.2, 0.25) is 10.0 Å². The number of nitrogens with zero attached hydrogens (tertiary/aromatic N) is 3. The van der Waals surface area contributed by atoms with Crippen molar-refractivity contribution in [1.82, 2.24) is 9.55 Å². The summed E-state index contributed by atoms with van der Waals surface area (Å²) in [6, 6.07) is 16.6. The van der Waals surface area contributed by atoms with E-state index in [1.807, 2.05) is 22.8 Å². The van der Waals surface area contributed by atoms with Gasteiger partial charge in [-0.3, -0.25) is 19.5 Å². The molecule has 0 aliphatic rings. The number of fused-ring (bicyclic) bond motifs is 1. The van der Waals surface area contributed by atoms with Gasteiger partial charge in [-0.15, -0.1) is 0 Å². The fourth-order valence-electron chi connectivity index (χ4n) is 3.21. The number of anilines is 1. The third-order valence-corrected chi connectivity index (χ3v) is 6.36. The Balaban J connectivity index is 1.67. The standard InChI is InChI=1S/C22H16Cl2N4O4S/c1-32-20-5-3-2-4-19(20)27-18-9-7-14(28(30)31)11-17(18)26-22(27)33-12-21(29)25-13-6-8-15(23)16(24)10-13/h2-11H,12H2,1H3,(H,25,29). The van der Waals surface area contributed by atoms with Crippen LogP contribution in [-0.2, 0) is 4.79 Å². The van der Waals surface area contributed by atoms with Gasteiger partial charge >= 0.3 is 0 Å². The molecule has 11 heteroatoms. The summed E-state index contributed by atoms with van der Waals surface area (Å²) in [4.78, 5) is 27.9. The van der Waals surface area contributed by atoms with Crippen LogP contribution >= 0.6 is 35.0 Å². The van der Waals surface area contributed by atoms with Gasteiger partial charge in [0.1, 0.15) is 5.75 Å². The summed E-state index contributed by atoms with van der Waals surface area (Å²) < 4.78 is 7.31. The molecule has 168 valence electrons. The number of ether oxygens (including phenoxy) is 1. The SMILES string of the molecule is COc1ccccc1-n1c(SCC(=O)Nc2ccc(Cl)c(Cl)c2)nc2cc([N+](=O)[O-])ccc21. The van der Waals surface area contributed by atoms with Crippen LogP contribution < -0.4 is 10.1 Å². The van der Waals surface area contributed by atoms with Crippen molar-refractivity contribution in [3.63, 3.8) is 0 Å². The van der Waals surface area contributed by atoms with Crippen molar-refractivity contribution in [2.45, 2.75) is 5.16 Å². The number of carbonyl (C=O) groups is 1. The van der Waals surface area contributed by atoms with Crippen molar-refractivity contribution >= 4 is 63.3 Å². The third-order valence-electron chi connectivity index (χ3n) is 4.68. The van der Waals surface area contributed by atoms with Crippen LogP contribution in [-0.4, -0.2) is 33.2 Å². The van der Waals surface area contributed by atoms with Crippen LogP contribution in [0, 0.1) is 10.1 Å². The Kier molecular flexibility index (Phi) is 6.73. The molecule has 1 heterocycles. The quantitative estimate of drug-likeness (QED) is 0.189. The van der Waals surface area contributed by atoms with Gasteiger partial charge in [0.15, 0.2) is 5.16 Å². The zero-order valence-corrected chi connectivity index (χ0v) is 19.4. The van der Waals surface area contributed by atoms with Crippen LogP contribution in [0.1, 0.15) is 0 Å². The van der Waals surface area contributed by atoms with E-state index in [2.05, 4.69) is 10.3 Å². The molecule has 0 spiro atoms. The number of hydrogen-bond acceptors (Lipinski definition) is 6. The molecule has 4 aromatic rings. The second kappa shape index (κ2) is 9.70. The molecular weight excluding hydrogens is 487 g/mol. The molecule has 0 atom stereocenters. The van der Waals surface area contributed by atoms with Crippen molar-refractivity contribution in [3.05, 3.63) is 80.8 Å². The van der Waals surface area contributed by atoms with Gasteiger partial charge in [-0.25, -0.2) is 4.98 Å². The number of thioether (sulfide) groups is 1. The predicted molar refractivity (Wildman–Crippen MR) is 130 cm³/mol. The molecule has 3 aromatic carbocycles. The van der Waals surface area contributed by atoms with Crippen LogP contribution in [0.3, 0.4) is 0 Å². The Morgan fingerprint density at radius 3 is 2.67 bits per heavy atom. The average molecular weight is 503 g/mol. The lowest BCUT2D eigenvalue weighted by Crippen LogP contribution is -2.14. The van der Waals surface area contributed by atoms with Gasteiger partial charge in [-0.1, -0.05) is 47.1 Å². The largest absolute Gasteiger partial charge is 0.495 e. The number of methoxy groups -OCH3 is 1. The molecule has 0 unspecified atom stereocenters. The fraction of sp³-hybridized carbons (Fsp3) is 0.0909. The summed E-state index contributed by atoms with van der Waals surface area (Å²) in [5.74, 6) is 0.362. The molecule has 1 amide bonds. The molecule has 0 aliphatic carbocycles. The van der Waals surface area contributed by atoms with Crippen molar-refractivity contribution < 1.29 is 14.5 Å². The molecule has 1 N–H and O–H groups in total. The number of non-ortho nitro benzene ring substituents is 1.